The van der Waals surface area contributed by atoms with Crippen molar-refractivity contribution < 1.29 is 9.47 Å². The van der Waals surface area contributed by atoms with Crippen molar-refractivity contribution in [3.63, 3.8) is 0 Å². The third-order valence-corrected chi connectivity index (χ3v) is 2.70. The first-order chi connectivity index (χ1) is 6.22. The van der Waals surface area contributed by atoms with E-state index in [1.54, 1.807) is 14.2 Å². The average molecular weight is 292 g/mol. The van der Waals surface area contributed by atoms with Crippen LogP contribution in [0, 0.1) is 3.57 Å². The number of aryl methyl sites for hydroxylation is 1. The molecule has 0 fully saturated rings. The van der Waals surface area contributed by atoms with Crippen molar-refractivity contribution in [2.45, 2.75) is 13.3 Å². The summed E-state index contributed by atoms with van der Waals surface area (Å²) >= 11 is 2.25. The minimum Gasteiger partial charge on any atom is -0.493 e. The summed E-state index contributed by atoms with van der Waals surface area (Å²) in [6.45, 7) is 2.12. The van der Waals surface area contributed by atoms with E-state index >= 15 is 0 Å². The summed E-state index contributed by atoms with van der Waals surface area (Å²) in [4.78, 5) is 0. The quantitative estimate of drug-likeness (QED) is 0.798. The molecule has 72 valence electrons. The predicted octanol–water partition coefficient (Wildman–Crippen LogP) is 2.87. The summed E-state index contributed by atoms with van der Waals surface area (Å²) in [6.07, 6.45) is 1.01. The molecule has 1 rings (SSSR count). The third kappa shape index (κ3) is 2.27. The van der Waals surface area contributed by atoms with Gasteiger partial charge < -0.3 is 9.47 Å². The normalized spacial score (nSPS) is 9.85. The second kappa shape index (κ2) is 4.69. The van der Waals surface area contributed by atoms with Gasteiger partial charge in [0.1, 0.15) is 0 Å². The van der Waals surface area contributed by atoms with Gasteiger partial charge in [-0.25, -0.2) is 0 Å². The van der Waals surface area contributed by atoms with Gasteiger partial charge in [-0.1, -0.05) is 6.92 Å². The molecule has 0 aliphatic carbocycles. The zero-order chi connectivity index (χ0) is 9.84. The smallest absolute Gasteiger partial charge is 0.174 e. The molecule has 1 aromatic carbocycles. The number of halogens is 1. The number of methoxy groups -OCH3 is 2. The van der Waals surface area contributed by atoms with Crippen molar-refractivity contribution in [1.82, 2.24) is 0 Å². The minimum absolute atomic E-state index is 0.811. The zero-order valence-corrected chi connectivity index (χ0v) is 10.2. The van der Waals surface area contributed by atoms with Crippen molar-refractivity contribution in [3.8, 4) is 11.5 Å². The van der Waals surface area contributed by atoms with Gasteiger partial charge in [0.05, 0.1) is 17.8 Å². The van der Waals surface area contributed by atoms with Gasteiger partial charge in [0.2, 0.25) is 0 Å². The van der Waals surface area contributed by atoms with Crippen molar-refractivity contribution in [2.24, 2.45) is 0 Å². The van der Waals surface area contributed by atoms with Gasteiger partial charge >= 0.3 is 0 Å². The molecule has 0 heterocycles. The van der Waals surface area contributed by atoms with Crippen LogP contribution in [0.5, 0.6) is 11.5 Å². The molecule has 0 aliphatic rings. The lowest BCUT2D eigenvalue weighted by atomic mass is 10.1. The molecule has 0 aliphatic heterocycles. The van der Waals surface area contributed by atoms with Crippen LogP contribution in [-0.2, 0) is 6.42 Å². The maximum absolute atomic E-state index is 5.23. The number of ether oxygens (including phenoxy) is 2. The molecular formula is C10H13IO2. The Bertz CT molecular complexity index is 297. The summed E-state index contributed by atoms with van der Waals surface area (Å²) in [6, 6.07) is 4.13. The first-order valence-corrected chi connectivity index (χ1v) is 5.21. The Hall–Kier alpha value is -0.450. The van der Waals surface area contributed by atoms with Crippen LogP contribution in [0.2, 0.25) is 0 Å². The Morgan fingerprint density at radius 1 is 1.23 bits per heavy atom. The van der Waals surface area contributed by atoms with E-state index in [1.807, 2.05) is 6.07 Å². The van der Waals surface area contributed by atoms with E-state index < -0.39 is 0 Å². The van der Waals surface area contributed by atoms with E-state index in [2.05, 4.69) is 35.6 Å². The molecule has 0 amide bonds. The molecule has 0 aromatic heterocycles. The first-order valence-electron chi connectivity index (χ1n) is 4.13. The van der Waals surface area contributed by atoms with Gasteiger partial charge in [-0.05, 0) is 46.7 Å². The molecule has 0 radical (unpaired) electrons. The largest absolute Gasteiger partial charge is 0.493 e. The van der Waals surface area contributed by atoms with E-state index in [0.29, 0.717) is 0 Å². The Balaban J connectivity index is 3.20. The molecule has 0 saturated carbocycles. The molecule has 13 heavy (non-hydrogen) atoms. The summed E-state index contributed by atoms with van der Waals surface area (Å²) in [5.41, 5.74) is 1.27. The first kappa shape index (κ1) is 10.6. The lowest BCUT2D eigenvalue weighted by molar-refractivity contribution is 0.352. The predicted molar refractivity (Wildman–Crippen MR) is 61.6 cm³/mol. The lowest BCUT2D eigenvalue weighted by Gasteiger charge is -2.10. The highest BCUT2D eigenvalue weighted by Crippen LogP contribution is 2.33. The highest BCUT2D eigenvalue weighted by Gasteiger charge is 2.08. The maximum atomic E-state index is 5.23. The second-order valence-corrected chi connectivity index (χ2v) is 3.83. The molecule has 0 N–H and O–H groups in total. The van der Waals surface area contributed by atoms with Crippen LogP contribution in [0.1, 0.15) is 12.5 Å². The standard InChI is InChI=1S/C10H13IO2/c1-4-7-5-8(11)10(13-3)9(6-7)12-2/h5-6H,4H2,1-3H3. The fourth-order valence-corrected chi connectivity index (χ4v) is 2.06. The van der Waals surface area contributed by atoms with Gasteiger partial charge in [-0.2, -0.15) is 0 Å². The van der Waals surface area contributed by atoms with Crippen LogP contribution < -0.4 is 9.47 Å². The second-order valence-electron chi connectivity index (χ2n) is 2.67. The minimum atomic E-state index is 0.811. The number of benzene rings is 1. The highest BCUT2D eigenvalue weighted by molar-refractivity contribution is 14.1. The third-order valence-electron chi connectivity index (χ3n) is 1.90. The monoisotopic (exact) mass is 292 g/mol. The van der Waals surface area contributed by atoms with Gasteiger partial charge in [0.15, 0.2) is 11.5 Å². The number of hydrogen-bond acceptors (Lipinski definition) is 2. The average Bonchev–Trinajstić information content (AvgIpc) is 2.16. The molecule has 0 unspecified atom stereocenters. The van der Waals surface area contributed by atoms with E-state index in [1.165, 1.54) is 5.56 Å². The maximum Gasteiger partial charge on any atom is 0.174 e. The summed E-state index contributed by atoms with van der Waals surface area (Å²) in [5, 5.41) is 0. The van der Waals surface area contributed by atoms with Crippen LogP contribution in [0.3, 0.4) is 0 Å². The van der Waals surface area contributed by atoms with Crippen molar-refractivity contribution in [2.75, 3.05) is 14.2 Å². The van der Waals surface area contributed by atoms with Crippen LogP contribution in [0.15, 0.2) is 12.1 Å². The summed E-state index contributed by atoms with van der Waals surface area (Å²) in [7, 11) is 3.32. The molecule has 0 spiro atoms. The van der Waals surface area contributed by atoms with Crippen LogP contribution in [0.4, 0.5) is 0 Å². The van der Waals surface area contributed by atoms with E-state index in [0.717, 1.165) is 21.5 Å². The number of hydrogen-bond donors (Lipinski definition) is 0. The van der Waals surface area contributed by atoms with E-state index in [4.69, 9.17) is 9.47 Å². The van der Waals surface area contributed by atoms with Gasteiger partial charge in [0.25, 0.3) is 0 Å². The topological polar surface area (TPSA) is 18.5 Å². The molecule has 0 atom stereocenters. The molecular weight excluding hydrogens is 279 g/mol. The summed E-state index contributed by atoms with van der Waals surface area (Å²) in [5.74, 6) is 1.63. The molecule has 0 saturated heterocycles. The van der Waals surface area contributed by atoms with Crippen molar-refractivity contribution >= 4 is 22.6 Å². The Morgan fingerprint density at radius 3 is 2.38 bits per heavy atom. The van der Waals surface area contributed by atoms with Gasteiger partial charge in [0, 0.05) is 0 Å². The molecule has 2 nitrogen and oxygen atoms in total. The molecule has 1 aromatic rings. The van der Waals surface area contributed by atoms with Crippen LogP contribution in [-0.4, -0.2) is 14.2 Å². The number of rotatable bonds is 3. The Kier molecular flexibility index (Phi) is 3.84. The van der Waals surface area contributed by atoms with Crippen molar-refractivity contribution in [3.05, 3.63) is 21.3 Å². The Labute approximate surface area is 92.4 Å². The molecule has 3 heteroatoms. The van der Waals surface area contributed by atoms with Gasteiger partial charge in [-0.3, -0.25) is 0 Å². The van der Waals surface area contributed by atoms with Crippen LogP contribution >= 0.6 is 22.6 Å². The van der Waals surface area contributed by atoms with E-state index in [9.17, 15) is 0 Å². The Morgan fingerprint density at radius 2 is 1.92 bits per heavy atom. The fourth-order valence-electron chi connectivity index (χ4n) is 1.18. The van der Waals surface area contributed by atoms with Gasteiger partial charge in [-0.15, -0.1) is 0 Å². The highest BCUT2D eigenvalue weighted by atomic mass is 127. The lowest BCUT2D eigenvalue weighted by Crippen LogP contribution is -1.95. The van der Waals surface area contributed by atoms with Crippen molar-refractivity contribution in [1.29, 1.82) is 0 Å². The SMILES string of the molecule is CCc1cc(I)c(OC)c(OC)c1. The fraction of sp³-hybridized carbons (Fsp3) is 0.400. The zero-order valence-electron chi connectivity index (χ0n) is 8.06. The summed E-state index contributed by atoms with van der Waals surface area (Å²) < 4.78 is 11.6. The van der Waals surface area contributed by atoms with E-state index in [-0.39, 0.29) is 0 Å². The van der Waals surface area contributed by atoms with Crippen LogP contribution in [0.25, 0.3) is 0 Å². The molecule has 0 bridgehead atoms.